The average Bonchev–Trinajstić information content (AvgIpc) is 2.93. The molecule has 2 rings (SSSR count). The molecule has 0 unspecified atom stereocenters. The quantitative estimate of drug-likeness (QED) is 0.305. The van der Waals surface area contributed by atoms with Crippen LogP contribution in [0.15, 0.2) is 4.99 Å². The maximum atomic E-state index is 5.53. The highest BCUT2D eigenvalue weighted by Crippen LogP contribution is 2.38. The van der Waals surface area contributed by atoms with Crippen molar-refractivity contribution in [1.29, 1.82) is 0 Å². The first-order valence-corrected chi connectivity index (χ1v) is 5.36. The Labute approximate surface area is 84.9 Å². The van der Waals surface area contributed by atoms with Gasteiger partial charge < -0.3 is 10.2 Å². The Morgan fingerprint density at radius 3 is 2.64 bits per heavy atom. The summed E-state index contributed by atoms with van der Waals surface area (Å²) in [7, 11) is 1.78. The van der Waals surface area contributed by atoms with Crippen molar-refractivity contribution in [3.63, 3.8) is 0 Å². The van der Waals surface area contributed by atoms with Gasteiger partial charge in [0.15, 0.2) is 0 Å². The standard InChI is InChI=1S/C10H19N3O/c1-14-10(5-2-6-10)7-9(13-11)12-8-3-4-8/h8H,2-7,11H2,1H3,(H,12,13). The van der Waals surface area contributed by atoms with Crippen LogP contribution >= 0.6 is 0 Å². The van der Waals surface area contributed by atoms with Crippen molar-refractivity contribution in [2.75, 3.05) is 7.11 Å². The molecule has 0 aliphatic heterocycles. The summed E-state index contributed by atoms with van der Waals surface area (Å²) in [4.78, 5) is 4.52. The summed E-state index contributed by atoms with van der Waals surface area (Å²) in [5, 5.41) is 0. The van der Waals surface area contributed by atoms with Crippen molar-refractivity contribution in [3.8, 4) is 0 Å². The van der Waals surface area contributed by atoms with Crippen molar-refractivity contribution < 1.29 is 4.74 Å². The number of hydrogen-bond donors (Lipinski definition) is 2. The third kappa shape index (κ3) is 2.07. The second-order valence-electron chi connectivity index (χ2n) is 4.37. The van der Waals surface area contributed by atoms with Gasteiger partial charge in [0.25, 0.3) is 0 Å². The van der Waals surface area contributed by atoms with Crippen molar-refractivity contribution >= 4 is 5.84 Å². The van der Waals surface area contributed by atoms with Crippen LogP contribution in [-0.4, -0.2) is 24.6 Å². The number of rotatable bonds is 4. The molecule has 0 aromatic heterocycles. The molecule has 4 nitrogen and oxygen atoms in total. The monoisotopic (exact) mass is 197 g/mol. The van der Waals surface area contributed by atoms with Gasteiger partial charge in [0.1, 0.15) is 5.84 Å². The van der Waals surface area contributed by atoms with E-state index in [0.29, 0.717) is 6.04 Å². The number of ether oxygens (including phenoxy) is 1. The number of aliphatic imine (C=N–C) groups is 1. The van der Waals surface area contributed by atoms with Gasteiger partial charge in [-0.2, -0.15) is 0 Å². The van der Waals surface area contributed by atoms with Gasteiger partial charge >= 0.3 is 0 Å². The number of nitrogens with zero attached hydrogens (tertiary/aromatic N) is 1. The van der Waals surface area contributed by atoms with Gasteiger partial charge in [-0.15, -0.1) is 0 Å². The van der Waals surface area contributed by atoms with E-state index in [1.54, 1.807) is 7.11 Å². The van der Waals surface area contributed by atoms with E-state index in [1.165, 1.54) is 19.3 Å². The zero-order valence-corrected chi connectivity index (χ0v) is 8.75. The minimum atomic E-state index is 0.0279. The summed E-state index contributed by atoms with van der Waals surface area (Å²) in [6, 6.07) is 0.523. The van der Waals surface area contributed by atoms with Crippen LogP contribution in [0.2, 0.25) is 0 Å². The number of methoxy groups -OCH3 is 1. The van der Waals surface area contributed by atoms with E-state index in [-0.39, 0.29) is 5.60 Å². The van der Waals surface area contributed by atoms with Crippen LogP contribution in [-0.2, 0) is 4.74 Å². The highest BCUT2D eigenvalue weighted by Gasteiger charge is 2.38. The lowest BCUT2D eigenvalue weighted by atomic mass is 9.77. The number of hydrazine groups is 1. The van der Waals surface area contributed by atoms with Gasteiger partial charge in [0, 0.05) is 13.5 Å². The first-order valence-electron chi connectivity index (χ1n) is 5.36. The lowest BCUT2D eigenvalue weighted by molar-refractivity contribution is -0.0658. The summed E-state index contributed by atoms with van der Waals surface area (Å²) < 4.78 is 5.53. The molecule has 0 radical (unpaired) electrons. The second-order valence-corrected chi connectivity index (χ2v) is 4.37. The highest BCUT2D eigenvalue weighted by atomic mass is 16.5. The molecule has 80 valence electrons. The molecule has 2 fully saturated rings. The lowest BCUT2D eigenvalue weighted by Crippen LogP contribution is -2.45. The minimum Gasteiger partial charge on any atom is -0.378 e. The molecular weight excluding hydrogens is 178 g/mol. The smallest absolute Gasteiger partial charge is 0.113 e. The Morgan fingerprint density at radius 2 is 2.29 bits per heavy atom. The van der Waals surface area contributed by atoms with E-state index in [9.17, 15) is 0 Å². The molecule has 0 atom stereocenters. The Kier molecular flexibility index (Phi) is 2.74. The molecule has 0 amide bonds. The normalized spacial score (nSPS) is 25.7. The fourth-order valence-corrected chi connectivity index (χ4v) is 1.89. The van der Waals surface area contributed by atoms with Gasteiger partial charge in [-0.05, 0) is 32.1 Å². The molecule has 0 bridgehead atoms. The molecule has 0 saturated heterocycles. The lowest BCUT2D eigenvalue weighted by Gasteiger charge is -2.40. The third-order valence-corrected chi connectivity index (χ3v) is 3.24. The Morgan fingerprint density at radius 1 is 1.57 bits per heavy atom. The van der Waals surface area contributed by atoms with E-state index < -0.39 is 0 Å². The molecule has 14 heavy (non-hydrogen) atoms. The van der Waals surface area contributed by atoms with Gasteiger partial charge in [-0.25, -0.2) is 5.84 Å². The number of nitrogens with two attached hydrogens (primary N) is 1. The summed E-state index contributed by atoms with van der Waals surface area (Å²) in [6.45, 7) is 0. The molecule has 0 heterocycles. The van der Waals surface area contributed by atoms with Crippen LogP contribution in [0.3, 0.4) is 0 Å². The highest BCUT2D eigenvalue weighted by molar-refractivity contribution is 5.83. The molecule has 0 aromatic carbocycles. The molecule has 4 heteroatoms. The summed E-state index contributed by atoms with van der Waals surface area (Å²) in [6.07, 6.45) is 6.80. The molecule has 0 spiro atoms. The molecule has 3 N–H and O–H groups in total. The van der Waals surface area contributed by atoms with E-state index in [0.717, 1.165) is 25.1 Å². The SMILES string of the molecule is COC1(CC(=NC2CC2)NN)CCC1. The van der Waals surface area contributed by atoms with Gasteiger partial charge in [0.2, 0.25) is 0 Å². The predicted molar refractivity (Wildman–Crippen MR) is 56.0 cm³/mol. The summed E-state index contributed by atoms with van der Waals surface area (Å²) >= 11 is 0. The van der Waals surface area contributed by atoms with Crippen LogP contribution < -0.4 is 11.3 Å². The van der Waals surface area contributed by atoms with Crippen LogP contribution in [0.1, 0.15) is 38.5 Å². The zero-order valence-electron chi connectivity index (χ0n) is 8.75. The van der Waals surface area contributed by atoms with Crippen LogP contribution in [0.5, 0.6) is 0 Å². The van der Waals surface area contributed by atoms with E-state index >= 15 is 0 Å². The fraction of sp³-hybridized carbons (Fsp3) is 0.900. The third-order valence-electron chi connectivity index (χ3n) is 3.24. The Hall–Kier alpha value is -0.610. The zero-order chi connectivity index (χ0) is 10.0. The number of nitrogens with one attached hydrogen (secondary N) is 1. The Bertz CT molecular complexity index is 226. The maximum Gasteiger partial charge on any atom is 0.113 e. The topological polar surface area (TPSA) is 59.6 Å². The largest absolute Gasteiger partial charge is 0.378 e. The van der Waals surface area contributed by atoms with Crippen molar-refractivity contribution in [3.05, 3.63) is 0 Å². The van der Waals surface area contributed by atoms with Crippen LogP contribution in [0.4, 0.5) is 0 Å². The van der Waals surface area contributed by atoms with Crippen molar-refractivity contribution in [1.82, 2.24) is 5.43 Å². The molecule has 2 aliphatic carbocycles. The molecule has 2 aliphatic rings. The molecule has 0 aromatic rings. The van der Waals surface area contributed by atoms with E-state index in [1.807, 2.05) is 0 Å². The fourth-order valence-electron chi connectivity index (χ4n) is 1.89. The van der Waals surface area contributed by atoms with E-state index in [4.69, 9.17) is 10.6 Å². The maximum absolute atomic E-state index is 5.53. The van der Waals surface area contributed by atoms with Crippen molar-refractivity contribution in [2.24, 2.45) is 10.8 Å². The van der Waals surface area contributed by atoms with Crippen LogP contribution in [0, 0.1) is 0 Å². The second kappa shape index (κ2) is 3.87. The number of hydrogen-bond acceptors (Lipinski definition) is 3. The number of amidine groups is 1. The summed E-state index contributed by atoms with van der Waals surface area (Å²) in [5.74, 6) is 6.36. The summed E-state index contributed by atoms with van der Waals surface area (Å²) in [5.41, 5.74) is 2.73. The first kappa shape index (κ1) is 9.93. The average molecular weight is 197 g/mol. The Balaban J connectivity index is 1.92. The molecular formula is C10H19N3O. The van der Waals surface area contributed by atoms with Gasteiger partial charge in [0.05, 0.1) is 11.6 Å². The van der Waals surface area contributed by atoms with Crippen molar-refractivity contribution in [2.45, 2.75) is 50.2 Å². The van der Waals surface area contributed by atoms with Crippen LogP contribution in [0.25, 0.3) is 0 Å². The first-order chi connectivity index (χ1) is 6.78. The predicted octanol–water partition coefficient (Wildman–Crippen LogP) is 0.970. The van der Waals surface area contributed by atoms with Gasteiger partial charge in [-0.3, -0.25) is 4.99 Å². The minimum absolute atomic E-state index is 0.0279. The van der Waals surface area contributed by atoms with E-state index in [2.05, 4.69) is 10.4 Å². The van der Waals surface area contributed by atoms with Gasteiger partial charge in [-0.1, -0.05) is 0 Å². The molecule has 2 saturated carbocycles.